The summed E-state index contributed by atoms with van der Waals surface area (Å²) >= 11 is 0. The minimum absolute atomic E-state index is 0.305. The summed E-state index contributed by atoms with van der Waals surface area (Å²) < 4.78 is 15.2. The molecular formula is C14H9FN4. The Bertz CT molecular complexity index is 794. The number of rotatable bonds is 1. The van der Waals surface area contributed by atoms with Crippen molar-refractivity contribution in [2.24, 2.45) is 0 Å². The van der Waals surface area contributed by atoms with Gasteiger partial charge in [-0.2, -0.15) is 5.26 Å². The molecule has 0 aliphatic carbocycles. The molecule has 2 aromatic heterocycles. The molecule has 92 valence electrons. The van der Waals surface area contributed by atoms with Gasteiger partial charge in [0, 0.05) is 17.8 Å². The summed E-state index contributed by atoms with van der Waals surface area (Å²) in [5.74, 6) is 0.252. The van der Waals surface area contributed by atoms with Gasteiger partial charge in [-0.3, -0.25) is 4.40 Å². The summed E-state index contributed by atoms with van der Waals surface area (Å²) in [6.45, 7) is 1.82. The third-order valence-corrected chi connectivity index (χ3v) is 2.84. The first kappa shape index (κ1) is 11.4. The Labute approximate surface area is 108 Å². The Hall–Kier alpha value is -2.74. The highest BCUT2D eigenvalue weighted by atomic mass is 19.1. The molecule has 0 N–H and O–H groups in total. The van der Waals surface area contributed by atoms with E-state index in [9.17, 15) is 4.39 Å². The fourth-order valence-corrected chi connectivity index (χ4v) is 2.02. The van der Waals surface area contributed by atoms with Gasteiger partial charge < -0.3 is 0 Å². The Morgan fingerprint density at radius 1 is 1.21 bits per heavy atom. The first-order chi connectivity index (χ1) is 9.17. The van der Waals surface area contributed by atoms with Crippen LogP contribution in [0.4, 0.5) is 4.39 Å². The van der Waals surface area contributed by atoms with Gasteiger partial charge in [0.2, 0.25) is 0 Å². The van der Waals surface area contributed by atoms with Gasteiger partial charge in [0.05, 0.1) is 11.6 Å². The number of pyridine rings is 1. The summed E-state index contributed by atoms with van der Waals surface area (Å²) in [4.78, 5) is 0. The molecular weight excluding hydrogens is 243 g/mol. The van der Waals surface area contributed by atoms with Crippen LogP contribution in [0.3, 0.4) is 0 Å². The van der Waals surface area contributed by atoms with Gasteiger partial charge >= 0.3 is 0 Å². The van der Waals surface area contributed by atoms with E-state index in [0.717, 1.165) is 5.56 Å². The van der Waals surface area contributed by atoms with Crippen LogP contribution in [0, 0.1) is 24.1 Å². The van der Waals surface area contributed by atoms with Crippen molar-refractivity contribution in [3.8, 4) is 17.5 Å². The SMILES string of the molecule is Cc1cc(F)cc(-c2nnc3cc(C#N)ccn23)c1. The van der Waals surface area contributed by atoms with Crippen molar-refractivity contribution >= 4 is 5.65 Å². The van der Waals surface area contributed by atoms with E-state index in [2.05, 4.69) is 10.2 Å². The van der Waals surface area contributed by atoms with E-state index in [1.54, 1.807) is 22.7 Å². The number of fused-ring (bicyclic) bond motifs is 1. The van der Waals surface area contributed by atoms with Crippen LogP contribution in [0.25, 0.3) is 17.0 Å². The van der Waals surface area contributed by atoms with Gasteiger partial charge in [0.15, 0.2) is 11.5 Å². The van der Waals surface area contributed by atoms with Gasteiger partial charge in [0.25, 0.3) is 0 Å². The summed E-state index contributed by atoms with van der Waals surface area (Å²) in [5.41, 5.74) is 2.56. The molecule has 0 saturated carbocycles. The maximum atomic E-state index is 13.4. The second-order valence-corrected chi connectivity index (χ2v) is 4.30. The van der Waals surface area contributed by atoms with E-state index in [0.29, 0.717) is 22.6 Å². The molecule has 19 heavy (non-hydrogen) atoms. The first-order valence-electron chi connectivity index (χ1n) is 5.70. The van der Waals surface area contributed by atoms with Crippen LogP contribution in [0.5, 0.6) is 0 Å². The van der Waals surface area contributed by atoms with Crippen molar-refractivity contribution in [2.45, 2.75) is 6.92 Å². The normalized spacial score (nSPS) is 10.6. The standard InChI is InChI=1S/C14H9FN4/c1-9-4-11(7-12(15)5-9)14-18-17-13-6-10(8-16)2-3-19(13)14/h2-7H,1H3. The van der Waals surface area contributed by atoms with Crippen molar-refractivity contribution in [1.29, 1.82) is 5.26 Å². The van der Waals surface area contributed by atoms with Crippen LogP contribution in [0.1, 0.15) is 11.1 Å². The Morgan fingerprint density at radius 2 is 2.05 bits per heavy atom. The lowest BCUT2D eigenvalue weighted by atomic mass is 10.1. The molecule has 0 aliphatic heterocycles. The topological polar surface area (TPSA) is 54.0 Å². The zero-order chi connectivity index (χ0) is 13.4. The van der Waals surface area contributed by atoms with Crippen LogP contribution >= 0.6 is 0 Å². The van der Waals surface area contributed by atoms with Crippen LogP contribution < -0.4 is 0 Å². The predicted molar refractivity (Wildman–Crippen MR) is 67.8 cm³/mol. The molecule has 0 atom stereocenters. The fourth-order valence-electron chi connectivity index (χ4n) is 2.02. The van der Waals surface area contributed by atoms with Crippen LogP contribution in [-0.4, -0.2) is 14.6 Å². The van der Waals surface area contributed by atoms with E-state index in [-0.39, 0.29) is 5.82 Å². The molecule has 3 aromatic rings. The number of aryl methyl sites for hydroxylation is 1. The second kappa shape index (κ2) is 4.18. The van der Waals surface area contributed by atoms with Crippen LogP contribution in [0.2, 0.25) is 0 Å². The average molecular weight is 252 g/mol. The molecule has 1 aromatic carbocycles. The average Bonchev–Trinajstić information content (AvgIpc) is 2.80. The number of halogens is 1. The monoisotopic (exact) mass is 252 g/mol. The Balaban J connectivity index is 2.23. The molecule has 0 bridgehead atoms. The van der Waals surface area contributed by atoms with Gasteiger partial charge in [0.1, 0.15) is 5.82 Å². The van der Waals surface area contributed by atoms with Crippen molar-refractivity contribution in [1.82, 2.24) is 14.6 Å². The van der Waals surface area contributed by atoms with Gasteiger partial charge in [-0.15, -0.1) is 10.2 Å². The maximum absolute atomic E-state index is 13.4. The van der Waals surface area contributed by atoms with Crippen LogP contribution in [-0.2, 0) is 0 Å². The van der Waals surface area contributed by atoms with E-state index >= 15 is 0 Å². The first-order valence-corrected chi connectivity index (χ1v) is 5.70. The summed E-state index contributed by atoms with van der Waals surface area (Å²) in [5, 5.41) is 16.9. The number of hydrogen-bond donors (Lipinski definition) is 0. The molecule has 0 amide bonds. The van der Waals surface area contributed by atoms with Crippen LogP contribution in [0.15, 0.2) is 36.5 Å². The number of hydrogen-bond acceptors (Lipinski definition) is 3. The zero-order valence-electron chi connectivity index (χ0n) is 10.1. The van der Waals surface area contributed by atoms with Gasteiger partial charge in [-0.1, -0.05) is 0 Å². The fraction of sp³-hybridized carbons (Fsp3) is 0.0714. The smallest absolute Gasteiger partial charge is 0.168 e. The molecule has 5 heteroatoms. The number of nitrogens with zero attached hydrogens (tertiary/aromatic N) is 4. The highest BCUT2D eigenvalue weighted by molar-refractivity contribution is 5.61. The van der Waals surface area contributed by atoms with Crippen molar-refractivity contribution in [2.75, 3.05) is 0 Å². The third kappa shape index (κ3) is 1.93. The van der Waals surface area contributed by atoms with E-state index in [4.69, 9.17) is 5.26 Å². The molecule has 2 heterocycles. The lowest BCUT2D eigenvalue weighted by molar-refractivity contribution is 0.627. The van der Waals surface area contributed by atoms with E-state index in [1.165, 1.54) is 12.1 Å². The van der Waals surface area contributed by atoms with Gasteiger partial charge in [-0.05, 0) is 36.8 Å². The largest absolute Gasteiger partial charge is 0.282 e. The Kier molecular flexibility index (Phi) is 2.50. The van der Waals surface area contributed by atoms with E-state index in [1.807, 2.05) is 19.1 Å². The van der Waals surface area contributed by atoms with Crippen molar-refractivity contribution < 1.29 is 4.39 Å². The van der Waals surface area contributed by atoms with Crippen molar-refractivity contribution in [3.05, 3.63) is 53.5 Å². The van der Waals surface area contributed by atoms with E-state index < -0.39 is 0 Å². The minimum Gasteiger partial charge on any atom is -0.282 e. The zero-order valence-corrected chi connectivity index (χ0v) is 10.1. The number of aromatic nitrogens is 3. The lowest BCUT2D eigenvalue weighted by Gasteiger charge is -2.02. The molecule has 4 nitrogen and oxygen atoms in total. The molecule has 3 rings (SSSR count). The van der Waals surface area contributed by atoms with Crippen molar-refractivity contribution in [3.63, 3.8) is 0 Å². The van der Waals surface area contributed by atoms with Gasteiger partial charge in [-0.25, -0.2) is 4.39 Å². The quantitative estimate of drug-likeness (QED) is 0.669. The second-order valence-electron chi connectivity index (χ2n) is 4.30. The number of nitriles is 1. The Morgan fingerprint density at radius 3 is 2.79 bits per heavy atom. The molecule has 0 saturated heterocycles. The molecule has 0 spiro atoms. The summed E-state index contributed by atoms with van der Waals surface area (Å²) in [6, 6.07) is 10.1. The molecule has 0 unspecified atom stereocenters. The lowest BCUT2D eigenvalue weighted by Crippen LogP contribution is -1.91. The summed E-state index contributed by atoms with van der Waals surface area (Å²) in [6.07, 6.45) is 1.71. The molecule has 0 radical (unpaired) electrons. The minimum atomic E-state index is -0.305. The highest BCUT2D eigenvalue weighted by Crippen LogP contribution is 2.21. The highest BCUT2D eigenvalue weighted by Gasteiger charge is 2.10. The maximum Gasteiger partial charge on any atom is 0.168 e. The third-order valence-electron chi connectivity index (χ3n) is 2.84. The predicted octanol–water partition coefficient (Wildman–Crippen LogP) is 2.72. The summed E-state index contributed by atoms with van der Waals surface area (Å²) in [7, 11) is 0. The molecule has 0 aliphatic rings. The molecule has 0 fully saturated rings. The number of benzene rings is 1.